The lowest BCUT2D eigenvalue weighted by Gasteiger charge is -2.34. The lowest BCUT2D eigenvalue weighted by atomic mass is 10.2. The van der Waals surface area contributed by atoms with E-state index in [-0.39, 0.29) is 24.0 Å². The second-order valence-electron chi connectivity index (χ2n) is 6.56. The van der Waals surface area contributed by atoms with Crippen molar-refractivity contribution < 1.29 is 4.74 Å². The fourth-order valence-corrected chi connectivity index (χ4v) is 4.92. The van der Waals surface area contributed by atoms with Gasteiger partial charge in [-0.25, -0.2) is 4.98 Å². The molecule has 2 aromatic heterocycles. The molecule has 0 radical (unpaired) electrons. The zero-order valence-electron chi connectivity index (χ0n) is 16.7. The summed E-state index contributed by atoms with van der Waals surface area (Å²) in [5.41, 5.74) is 1.14. The Kier molecular flexibility index (Phi) is 10.1. The van der Waals surface area contributed by atoms with Crippen molar-refractivity contribution in [3.63, 3.8) is 0 Å². The van der Waals surface area contributed by atoms with Crippen LogP contribution in [0.3, 0.4) is 0 Å². The molecule has 0 bridgehead atoms. The second-order valence-corrected chi connectivity index (χ2v) is 8.83. The van der Waals surface area contributed by atoms with Crippen LogP contribution in [0.25, 0.3) is 0 Å². The lowest BCUT2D eigenvalue weighted by Crippen LogP contribution is -2.46. The van der Waals surface area contributed by atoms with Crippen LogP contribution in [0.15, 0.2) is 22.5 Å². The number of thiophene rings is 1. The zero-order valence-corrected chi connectivity index (χ0v) is 20.7. The first kappa shape index (κ1) is 23.5. The summed E-state index contributed by atoms with van der Waals surface area (Å²) in [6.07, 6.45) is 0.915. The Bertz CT molecular complexity index is 709. The van der Waals surface area contributed by atoms with Gasteiger partial charge >= 0.3 is 0 Å². The summed E-state index contributed by atoms with van der Waals surface area (Å²) < 4.78 is 5.52. The predicted octanol–water partition coefficient (Wildman–Crippen LogP) is 3.22. The van der Waals surface area contributed by atoms with Crippen molar-refractivity contribution in [3.8, 4) is 0 Å². The van der Waals surface area contributed by atoms with Crippen molar-refractivity contribution >= 4 is 52.6 Å². The van der Waals surface area contributed by atoms with Crippen molar-refractivity contribution in [2.75, 3.05) is 46.4 Å². The van der Waals surface area contributed by atoms with Gasteiger partial charge < -0.3 is 15.4 Å². The topological polar surface area (TPSA) is 61.8 Å². The van der Waals surface area contributed by atoms with Crippen LogP contribution in [-0.4, -0.2) is 62.3 Å². The summed E-state index contributed by atoms with van der Waals surface area (Å²) in [6.45, 7) is 9.41. The standard InChI is InChI=1S/C19H29N5OS2.HI/c1-14-15(2)27-18(23-14)6-7-21-19(20-3)22-13-16(17-5-4-12-26-17)24-8-10-25-11-9-24;/h4-5,12,16H,6-11,13H2,1-3H3,(H2,20,21,22);1H. The molecular formula is C19H30IN5OS2. The number of hydrogen-bond acceptors (Lipinski definition) is 6. The number of thiazole rings is 1. The number of nitrogens with zero attached hydrogens (tertiary/aromatic N) is 3. The normalized spacial score (nSPS) is 16.5. The Morgan fingerprint density at radius 2 is 2.11 bits per heavy atom. The smallest absolute Gasteiger partial charge is 0.191 e. The molecule has 0 aromatic carbocycles. The second kappa shape index (κ2) is 12.1. The minimum absolute atomic E-state index is 0. The number of guanidine groups is 1. The van der Waals surface area contributed by atoms with Crippen LogP contribution >= 0.6 is 46.7 Å². The molecule has 3 heterocycles. The van der Waals surface area contributed by atoms with E-state index in [2.05, 4.69) is 56.9 Å². The maximum Gasteiger partial charge on any atom is 0.191 e. The van der Waals surface area contributed by atoms with Gasteiger partial charge in [0, 0.05) is 49.4 Å². The third-order valence-electron chi connectivity index (χ3n) is 4.75. The number of morpholine rings is 1. The summed E-state index contributed by atoms with van der Waals surface area (Å²) in [7, 11) is 1.82. The minimum atomic E-state index is 0. The Morgan fingerprint density at radius 3 is 2.71 bits per heavy atom. The SMILES string of the molecule is CN=C(NCCc1nc(C)c(C)s1)NCC(c1cccs1)N1CCOCC1.I. The summed E-state index contributed by atoms with van der Waals surface area (Å²) in [5.74, 6) is 0.842. The van der Waals surface area contributed by atoms with Crippen LogP contribution in [0.1, 0.15) is 26.5 Å². The number of rotatable bonds is 7. The number of ether oxygens (including phenoxy) is 1. The molecule has 1 aliphatic heterocycles. The van der Waals surface area contributed by atoms with E-state index in [0.717, 1.165) is 57.5 Å². The average Bonchev–Trinajstić information content (AvgIpc) is 3.32. The van der Waals surface area contributed by atoms with E-state index in [0.29, 0.717) is 6.04 Å². The molecule has 3 rings (SSSR count). The molecule has 0 amide bonds. The van der Waals surface area contributed by atoms with E-state index in [1.807, 2.05) is 18.4 Å². The fraction of sp³-hybridized carbons (Fsp3) is 0.579. The number of nitrogens with one attached hydrogen (secondary N) is 2. The van der Waals surface area contributed by atoms with Crippen molar-refractivity contribution in [1.29, 1.82) is 0 Å². The molecule has 9 heteroatoms. The predicted molar refractivity (Wildman–Crippen MR) is 130 cm³/mol. The van der Waals surface area contributed by atoms with Crippen LogP contribution in [0.4, 0.5) is 0 Å². The van der Waals surface area contributed by atoms with E-state index in [9.17, 15) is 0 Å². The molecule has 1 aliphatic rings. The molecular weight excluding hydrogens is 505 g/mol. The third kappa shape index (κ3) is 6.65. The Hall–Kier alpha value is -0.750. The van der Waals surface area contributed by atoms with E-state index in [1.54, 1.807) is 11.3 Å². The van der Waals surface area contributed by atoms with Crippen LogP contribution in [0, 0.1) is 13.8 Å². The molecule has 0 aliphatic carbocycles. The van der Waals surface area contributed by atoms with Crippen molar-refractivity contribution in [2.24, 2.45) is 4.99 Å². The number of aryl methyl sites for hydroxylation is 2. The Balaban J connectivity index is 0.00000280. The molecule has 1 atom stereocenters. The van der Waals surface area contributed by atoms with Gasteiger partial charge in [0.15, 0.2) is 5.96 Å². The van der Waals surface area contributed by atoms with Gasteiger partial charge in [-0.15, -0.1) is 46.7 Å². The monoisotopic (exact) mass is 535 g/mol. The number of aromatic nitrogens is 1. The van der Waals surface area contributed by atoms with Crippen molar-refractivity contribution in [3.05, 3.63) is 38.0 Å². The van der Waals surface area contributed by atoms with Crippen LogP contribution in [0.5, 0.6) is 0 Å². The average molecular weight is 536 g/mol. The van der Waals surface area contributed by atoms with Gasteiger partial charge in [0.1, 0.15) is 0 Å². The van der Waals surface area contributed by atoms with E-state index < -0.39 is 0 Å². The highest BCUT2D eigenvalue weighted by Crippen LogP contribution is 2.25. The first-order chi connectivity index (χ1) is 13.2. The van der Waals surface area contributed by atoms with E-state index in [1.165, 1.54) is 14.8 Å². The Morgan fingerprint density at radius 1 is 1.32 bits per heavy atom. The van der Waals surface area contributed by atoms with Crippen molar-refractivity contribution in [2.45, 2.75) is 26.3 Å². The zero-order chi connectivity index (χ0) is 19.1. The summed E-state index contributed by atoms with van der Waals surface area (Å²) in [5, 5.41) is 10.2. The quantitative estimate of drug-likeness (QED) is 0.324. The van der Waals surface area contributed by atoms with Crippen LogP contribution in [0.2, 0.25) is 0 Å². The summed E-state index contributed by atoms with van der Waals surface area (Å²) >= 11 is 3.59. The maximum absolute atomic E-state index is 5.52. The first-order valence-electron chi connectivity index (χ1n) is 9.40. The van der Waals surface area contributed by atoms with Gasteiger partial charge in [0.25, 0.3) is 0 Å². The minimum Gasteiger partial charge on any atom is -0.379 e. The van der Waals surface area contributed by atoms with Crippen LogP contribution in [-0.2, 0) is 11.2 Å². The van der Waals surface area contributed by atoms with Gasteiger partial charge in [-0.3, -0.25) is 9.89 Å². The van der Waals surface area contributed by atoms with Crippen molar-refractivity contribution in [1.82, 2.24) is 20.5 Å². The van der Waals surface area contributed by atoms with Crippen LogP contribution < -0.4 is 10.6 Å². The van der Waals surface area contributed by atoms with Gasteiger partial charge in [-0.2, -0.15) is 0 Å². The molecule has 6 nitrogen and oxygen atoms in total. The van der Waals surface area contributed by atoms with Gasteiger partial charge in [-0.05, 0) is 25.3 Å². The first-order valence-corrected chi connectivity index (χ1v) is 11.1. The Labute approximate surface area is 192 Å². The maximum atomic E-state index is 5.52. The highest BCUT2D eigenvalue weighted by Gasteiger charge is 2.23. The molecule has 0 spiro atoms. The van der Waals surface area contributed by atoms with E-state index >= 15 is 0 Å². The lowest BCUT2D eigenvalue weighted by molar-refractivity contribution is 0.0177. The summed E-state index contributed by atoms with van der Waals surface area (Å²) in [4.78, 5) is 14.2. The molecule has 1 unspecified atom stereocenters. The summed E-state index contributed by atoms with van der Waals surface area (Å²) in [6, 6.07) is 4.69. The third-order valence-corrected chi connectivity index (χ3v) is 6.85. The molecule has 1 fully saturated rings. The fourth-order valence-electron chi connectivity index (χ4n) is 3.13. The number of halogens is 1. The highest BCUT2D eigenvalue weighted by atomic mass is 127. The molecule has 0 saturated carbocycles. The van der Waals surface area contributed by atoms with Gasteiger partial charge in [-0.1, -0.05) is 6.07 Å². The molecule has 156 valence electrons. The largest absolute Gasteiger partial charge is 0.379 e. The highest BCUT2D eigenvalue weighted by molar-refractivity contribution is 14.0. The molecule has 1 saturated heterocycles. The van der Waals surface area contributed by atoms with E-state index in [4.69, 9.17) is 4.74 Å². The van der Waals surface area contributed by atoms with Gasteiger partial charge in [0.2, 0.25) is 0 Å². The molecule has 2 N–H and O–H groups in total. The number of hydrogen-bond donors (Lipinski definition) is 2. The number of aliphatic imine (C=N–C) groups is 1. The van der Waals surface area contributed by atoms with Gasteiger partial charge in [0.05, 0.1) is 30.0 Å². The molecule has 28 heavy (non-hydrogen) atoms. The molecule has 2 aromatic rings.